The van der Waals surface area contributed by atoms with Crippen molar-refractivity contribution in [2.75, 3.05) is 40.3 Å². The third kappa shape index (κ3) is 6.30. The second-order valence-corrected chi connectivity index (χ2v) is 17.4. The molecule has 0 atom stereocenters. The van der Waals surface area contributed by atoms with E-state index in [-0.39, 0.29) is 42.7 Å². The van der Waals surface area contributed by atoms with Crippen LogP contribution in [-0.2, 0) is 31.6 Å². The van der Waals surface area contributed by atoms with Gasteiger partial charge in [0.25, 0.3) is 5.91 Å². The number of sulfonamides is 1. The number of hydrogen-bond donors (Lipinski definition) is 1. The molecular formula is C38H43N5O5S2. The molecule has 3 heterocycles. The van der Waals surface area contributed by atoms with Gasteiger partial charge in [-0.1, -0.05) is 80.4 Å². The minimum atomic E-state index is -3.76. The Bertz CT molecular complexity index is 2210. The van der Waals surface area contributed by atoms with Crippen LogP contribution in [0.4, 0.5) is 0 Å². The van der Waals surface area contributed by atoms with Gasteiger partial charge in [-0.15, -0.1) is 0 Å². The first-order valence-corrected chi connectivity index (χ1v) is 20.0. The number of amides is 1. The van der Waals surface area contributed by atoms with Crippen LogP contribution in [0.15, 0.2) is 89.8 Å². The molecule has 1 N–H and O–H groups in total. The molecule has 3 aliphatic rings. The van der Waals surface area contributed by atoms with Crippen LogP contribution in [0.2, 0.25) is 0 Å². The summed E-state index contributed by atoms with van der Waals surface area (Å²) in [6, 6.07) is 22.6. The van der Waals surface area contributed by atoms with Crippen LogP contribution < -0.4 is 4.72 Å². The summed E-state index contributed by atoms with van der Waals surface area (Å²) in [5.74, 6) is 0.235. The van der Waals surface area contributed by atoms with E-state index in [1.165, 1.54) is 30.4 Å². The molecule has 50 heavy (non-hydrogen) atoms. The van der Waals surface area contributed by atoms with E-state index in [0.29, 0.717) is 23.6 Å². The molecular weight excluding hydrogens is 671 g/mol. The van der Waals surface area contributed by atoms with Crippen LogP contribution >= 0.6 is 0 Å². The van der Waals surface area contributed by atoms with Crippen molar-refractivity contribution < 1.29 is 21.6 Å². The summed E-state index contributed by atoms with van der Waals surface area (Å²) in [7, 11) is -4.49. The zero-order chi connectivity index (χ0) is 35.2. The number of fused-ring (bicyclic) bond motifs is 5. The SMILES string of the molecule is C=C(NS(=O)(=O)N(C)C)c1ccc2c(C3CCCCC3)c3n(c2c1)CC(C(=O)N1CCN(S(=O)(=O)c2ccccc2)CC1)=Cc1ccccc1-3. The number of piperazine rings is 1. The maximum Gasteiger partial charge on any atom is 0.301 e. The van der Waals surface area contributed by atoms with Gasteiger partial charge < -0.3 is 9.47 Å². The molecule has 1 aliphatic carbocycles. The van der Waals surface area contributed by atoms with Gasteiger partial charge in [0.15, 0.2) is 0 Å². The smallest absolute Gasteiger partial charge is 0.301 e. The van der Waals surface area contributed by atoms with Crippen molar-refractivity contribution in [3.63, 3.8) is 0 Å². The molecule has 0 bridgehead atoms. The first-order valence-electron chi connectivity index (χ1n) is 17.2. The molecule has 2 fully saturated rings. The van der Waals surface area contributed by atoms with Crippen molar-refractivity contribution in [1.29, 1.82) is 0 Å². The van der Waals surface area contributed by atoms with Crippen LogP contribution in [0.25, 0.3) is 33.9 Å². The van der Waals surface area contributed by atoms with Crippen molar-refractivity contribution in [2.24, 2.45) is 0 Å². The maximum absolute atomic E-state index is 14.4. The van der Waals surface area contributed by atoms with Gasteiger partial charge in [-0.25, -0.2) is 8.42 Å². The van der Waals surface area contributed by atoms with Gasteiger partial charge in [0.05, 0.1) is 17.1 Å². The quantitative estimate of drug-likeness (QED) is 0.254. The van der Waals surface area contributed by atoms with Gasteiger partial charge in [0.2, 0.25) is 10.0 Å². The van der Waals surface area contributed by atoms with Gasteiger partial charge in [-0.2, -0.15) is 17.0 Å². The van der Waals surface area contributed by atoms with Crippen LogP contribution in [0.1, 0.15) is 54.7 Å². The molecule has 1 saturated carbocycles. The summed E-state index contributed by atoms with van der Waals surface area (Å²) < 4.78 is 59.3. The topological polar surface area (TPSA) is 112 Å². The van der Waals surface area contributed by atoms with E-state index in [9.17, 15) is 21.6 Å². The average molecular weight is 714 g/mol. The molecule has 0 radical (unpaired) electrons. The monoisotopic (exact) mass is 713 g/mol. The predicted octanol–water partition coefficient (Wildman–Crippen LogP) is 5.65. The van der Waals surface area contributed by atoms with Gasteiger partial charge in [0, 0.05) is 73.6 Å². The molecule has 0 unspecified atom stereocenters. The van der Waals surface area contributed by atoms with Crippen LogP contribution in [-0.4, -0.2) is 81.1 Å². The molecule has 10 nitrogen and oxygen atoms in total. The van der Waals surface area contributed by atoms with Gasteiger partial charge in [0.1, 0.15) is 0 Å². The fraction of sp³-hybridized carbons (Fsp3) is 0.342. The van der Waals surface area contributed by atoms with E-state index in [1.807, 2.05) is 36.4 Å². The number of rotatable bonds is 8. The lowest BCUT2D eigenvalue weighted by atomic mass is 9.81. The standard InChI is InChI=1S/C38H43N5O5S2/c1-27(39-50(47,48)40(2)3)29-18-19-34-35(25-29)43-26-31(24-30-14-10-11-17-33(30)37(43)36(34)28-12-6-4-7-13-28)38(44)41-20-22-42(23-21-41)49(45,46)32-15-8-5-9-16-32/h5,8-11,14-19,24-25,28,39H,1,4,6-7,12-13,20-23,26H2,2-3H3. The highest BCUT2D eigenvalue weighted by molar-refractivity contribution is 7.89. The predicted molar refractivity (Wildman–Crippen MR) is 198 cm³/mol. The lowest BCUT2D eigenvalue weighted by Gasteiger charge is -2.34. The maximum atomic E-state index is 14.4. The fourth-order valence-electron chi connectivity index (χ4n) is 7.58. The molecule has 7 rings (SSSR count). The van der Waals surface area contributed by atoms with Crippen LogP contribution in [0.3, 0.4) is 0 Å². The lowest BCUT2D eigenvalue weighted by Crippen LogP contribution is -2.51. The first-order chi connectivity index (χ1) is 24.0. The highest BCUT2D eigenvalue weighted by Crippen LogP contribution is 2.46. The third-order valence-corrected chi connectivity index (χ3v) is 13.6. The summed E-state index contributed by atoms with van der Waals surface area (Å²) >= 11 is 0. The summed E-state index contributed by atoms with van der Waals surface area (Å²) in [5, 5.41) is 1.10. The number of carbonyl (C=O) groups is 1. The second-order valence-electron chi connectivity index (χ2n) is 13.5. The Hall–Kier alpha value is -4.23. The van der Waals surface area contributed by atoms with Crippen molar-refractivity contribution in [2.45, 2.75) is 49.5 Å². The molecule has 262 valence electrons. The Kier molecular flexibility index (Phi) is 9.23. The zero-order valence-electron chi connectivity index (χ0n) is 28.5. The Balaban J connectivity index is 1.27. The molecule has 2 aliphatic heterocycles. The number of nitrogens with one attached hydrogen (secondary N) is 1. The zero-order valence-corrected chi connectivity index (χ0v) is 30.1. The summed E-state index contributed by atoms with van der Waals surface area (Å²) in [4.78, 5) is 16.4. The van der Waals surface area contributed by atoms with E-state index >= 15 is 0 Å². The molecule has 12 heteroatoms. The minimum absolute atomic E-state index is 0.121. The van der Waals surface area contributed by atoms with Crippen molar-refractivity contribution in [3.05, 3.63) is 102 Å². The molecule has 1 amide bonds. The molecule has 3 aromatic carbocycles. The second kappa shape index (κ2) is 13.5. The Morgan fingerprint density at radius 3 is 2.24 bits per heavy atom. The minimum Gasteiger partial charge on any atom is -0.336 e. The fourth-order valence-corrected chi connectivity index (χ4v) is 9.63. The van der Waals surface area contributed by atoms with Crippen LogP contribution in [0.5, 0.6) is 0 Å². The summed E-state index contributed by atoms with van der Waals surface area (Å²) in [6.45, 7) is 5.37. The number of benzene rings is 3. The number of nitrogens with zero attached hydrogens (tertiary/aromatic N) is 4. The highest BCUT2D eigenvalue weighted by Gasteiger charge is 2.34. The Morgan fingerprint density at radius 1 is 0.860 bits per heavy atom. The number of hydrogen-bond acceptors (Lipinski definition) is 5. The number of aromatic nitrogens is 1. The highest BCUT2D eigenvalue weighted by atomic mass is 32.2. The summed E-state index contributed by atoms with van der Waals surface area (Å²) in [6.07, 6.45) is 7.70. The lowest BCUT2D eigenvalue weighted by molar-refractivity contribution is -0.128. The largest absolute Gasteiger partial charge is 0.336 e. The van der Waals surface area contributed by atoms with E-state index < -0.39 is 20.2 Å². The summed E-state index contributed by atoms with van der Waals surface area (Å²) in [5.41, 5.74) is 6.82. The van der Waals surface area contributed by atoms with Crippen molar-refractivity contribution in [1.82, 2.24) is 22.8 Å². The van der Waals surface area contributed by atoms with E-state index in [4.69, 9.17) is 0 Å². The first kappa shape index (κ1) is 34.2. The number of carbonyl (C=O) groups excluding carboxylic acids is 1. The average Bonchev–Trinajstić information content (AvgIpc) is 3.34. The van der Waals surface area contributed by atoms with E-state index in [0.717, 1.165) is 57.7 Å². The molecule has 1 aromatic heterocycles. The van der Waals surface area contributed by atoms with E-state index in [2.05, 4.69) is 28.0 Å². The third-order valence-electron chi connectivity index (χ3n) is 10.3. The van der Waals surface area contributed by atoms with Crippen molar-refractivity contribution in [3.8, 4) is 11.3 Å². The normalized spacial score (nSPS) is 17.6. The van der Waals surface area contributed by atoms with Gasteiger partial charge in [-0.05, 0) is 54.2 Å². The van der Waals surface area contributed by atoms with Gasteiger partial charge >= 0.3 is 10.2 Å². The molecule has 1 saturated heterocycles. The van der Waals surface area contributed by atoms with Gasteiger partial charge in [-0.3, -0.25) is 9.52 Å². The van der Waals surface area contributed by atoms with Crippen LogP contribution in [0, 0.1) is 0 Å². The van der Waals surface area contributed by atoms with Crippen molar-refractivity contribution >= 4 is 48.8 Å². The molecule has 0 spiro atoms. The Morgan fingerprint density at radius 2 is 1.54 bits per heavy atom. The Labute approximate surface area is 294 Å². The molecule has 4 aromatic rings. The van der Waals surface area contributed by atoms with E-state index in [1.54, 1.807) is 35.2 Å².